The lowest BCUT2D eigenvalue weighted by molar-refractivity contribution is 0.114. The number of hydrogen-bond acceptors (Lipinski definition) is 3. The predicted molar refractivity (Wildman–Crippen MR) is 82.1 cm³/mol. The summed E-state index contributed by atoms with van der Waals surface area (Å²) in [5, 5.41) is 4.27. The molecular formula is C14H15IN2O2. The number of carbonyl (C=O) groups is 1. The van der Waals surface area contributed by atoms with Crippen molar-refractivity contribution in [1.29, 1.82) is 0 Å². The van der Waals surface area contributed by atoms with Gasteiger partial charge in [-0.15, -0.1) is 0 Å². The van der Waals surface area contributed by atoms with Gasteiger partial charge in [-0.2, -0.15) is 9.78 Å². The lowest BCUT2D eigenvalue weighted by atomic mass is 10.1. The minimum absolute atomic E-state index is 0.168. The van der Waals surface area contributed by atoms with Gasteiger partial charge in [0, 0.05) is 5.56 Å². The smallest absolute Gasteiger partial charge is 0.435 e. The van der Waals surface area contributed by atoms with E-state index in [0.29, 0.717) is 0 Å². The summed E-state index contributed by atoms with van der Waals surface area (Å²) >= 11 is 2.21. The van der Waals surface area contributed by atoms with Gasteiger partial charge in [0.05, 0.1) is 21.1 Å². The van der Waals surface area contributed by atoms with Crippen LogP contribution in [0.25, 0.3) is 11.3 Å². The molecule has 1 aromatic heterocycles. The zero-order valence-electron chi connectivity index (χ0n) is 11.1. The number of carbonyl (C=O) groups excluding carboxylic acids is 1. The Bertz CT molecular complexity index is 591. The SMILES string of the molecule is Cc1nn(C(=O)OC(C)C)c(-c2ccccc2)c1I. The second-order valence-corrected chi connectivity index (χ2v) is 5.54. The first-order chi connectivity index (χ1) is 9.00. The van der Waals surface area contributed by atoms with Gasteiger partial charge in [0.1, 0.15) is 0 Å². The van der Waals surface area contributed by atoms with E-state index in [1.54, 1.807) is 0 Å². The zero-order chi connectivity index (χ0) is 14.0. The second kappa shape index (κ2) is 5.73. The molecule has 0 bridgehead atoms. The van der Waals surface area contributed by atoms with Crippen molar-refractivity contribution in [1.82, 2.24) is 9.78 Å². The van der Waals surface area contributed by atoms with Crippen LogP contribution in [0.5, 0.6) is 0 Å². The molecule has 0 amide bonds. The maximum Gasteiger partial charge on any atom is 0.435 e. The Morgan fingerprint density at radius 3 is 2.53 bits per heavy atom. The Morgan fingerprint density at radius 2 is 1.95 bits per heavy atom. The topological polar surface area (TPSA) is 44.1 Å². The molecule has 0 fully saturated rings. The van der Waals surface area contributed by atoms with Gasteiger partial charge in [0.15, 0.2) is 0 Å². The molecule has 0 unspecified atom stereocenters. The standard InChI is InChI=1S/C14H15IN2O2/c1-9(2)19-14(18)17-13(12(15)10(3)16-17)11-7-5-4-6-8-11/h4-9H,1-3H3. The van der Waals surface area contributed by atoms with Crippen LogP contribution < -0.4 is 0 Å². The summed E-state index contributed by atoms with van der Waals surface area (Å²) in [7, 11) is 0. The van der Waals surface area contributed by atoms with E-state index in [1.807, 2.05) is 51.1 Å². The van der Waals surface area contributed by atoms with E-state index in [4.69, 9.17) is 4.74 Å². The molecule has 0 aliphatic carbocycles. The molecule has 100 valence electrons. The van der Waals surface area contributed by atoms with Gasteiger partial charge in [-0.05, 0) is 43.4 Å². The molecule has 0 saturated heterocycles. The van der Waals surface area contributed by atoms with Gasteiger partial charge in [-0.25, -0.2) is 4.79 Å². The highest BCUT2D eigenvalue weighted by Crippen LogP contribution is 2.27. The Morgan fingerprint density at radius 1 is 1.32 bits per heavy atom. The highest BCUT2D eigenvalue weighted by molar-refractivity contribution is 14.1. The summed E-state index contributed by atoms with van der Waals surface area (Å²) in [6.07, 6.45) is -0.613. The number of hydrogen-bond donors (Lipinski definition) is 0. The van der Waals surface area contributed by atoms with E-state index in [-0.39, 0.29) is 6.10 Å². The van der Waals surface area contributed by atoms with Crippen LogP contribution in [0.4, 0.5) is 4.79 Å². The van der Waals surface area contributed by atoms with Crippen LogP contribution >= 0.6 is 22.6 Å². The molecule has 0 saturated carbocycles. The summed E-state index contributed by atoms with van der Waals surface area (Å²) in [6, 6.07) is 9.73. The third-order valence-electron chi connectivity index (χ3n) is 2.54. The minimum Gasteiger partial charge on any atom is -0.445 e. The first-order valence-corrected chi connectivity index (χ1v) is 7.10. The number of aryl methyl sites for hydroxylation is 1. The highest BCUT2D eigenvalue weighted by Gasteiger charge is 2.21. The molecule has 0 atom stereocenters. The van der Waals surface area contributed by atoms with Crippen molar-refractivity contribution >= 4 is 28.7 Å². The van der Waals surface area contributed by atoms with Gasteiger partial charge in [-0.3, -0.25) is 0 Å². The van der Waals surface area contributed by atoms with E-state index >= 15 is 0 Å². The van der Waals surface area contributed by atoms with Crippen molar-refractivity contribution in [2.45, 2.75) is 26.9 Å². The second-order valence-electron chi connectivity index (χ2n) is 4.46. The first-order valence-electron chi connectivity index (χ1n) is 6.02. The summed E-state index contributed by atoms with van der Waals surface area (Å²) in [6.45, 7) is 5.52. The Hall–Kier alpha value is -1.37. The summed E-state index contributed by atoms with van der Waals surface area (Å²) in [4.78, 5) is 12.1. The van der Waals surface area contributed by atoms with E-state index < -0.39 is 6.09 Å². The molecule has 1 heterocycles. The molecule has 0 aliphatic rings. The van der Waals surface area contributed by atoms with E-state index in [9.17, 15) is 4.79 Å². The largest absolute Gasteiger partial charge is 0.445 e. The van der Waals surface area contributed by atoms with Crippen LogP contribution in [0.3, 0.4) is 0 Å². The molecule has 19 heavy (non-hydrogen) atoms. The van der Waals surface area contributed by atoms with Gasteiger partial charge in [-0.1, -0.05) is 30.3 Å². The maximum atomic E-state index is 12.1. The van der Waals surface area contributed by atoms with Crippen LogP contribution in [-0.4, -0.2) is 22.0 Å². The third kappa shape index (κ3) is 2.97. The van der Waals surface area contributed by atoms with Crippen molar-refractivity contribution in [2.24, 2.45) is 0 Å². The van der Waals surface area contributed by atoms with Crippen LogP contribution in [-0.2, 0) is 4.74 Å². The Balaban J connectivity index is 2.51. The normalized spacial score (nSPS) is 10.8. The fraction of sp³-hybridized carbons (Fsp3) is 0.286. The van der Waals surface area contributed by atoms with Crippen LogP contribution in [0.1, 0.15) is 19.5 Å². The number of aromatic nitrogens is 2. The average molecular weight is 370 g/mol. The minimum atomic E-state index is -0.445. The number of ether oxygens (including phenoxy) is 1. The molecule has 0 spiro atoms. The van der Waals surface area contributed by atoms with E-state index in [2.05, 4.69) is 27.7 Å². The van der Waals surface area contributed by atoms with Crippen LogP contribution in [0.2, 0.25) is 0 Å². The Kier molecular flexibility index (Phi) is 4.24. The lowest BCUT2D eigenvalue weighted by Crippen LogP contribution is -2.20. The molecule has 2 aromatic rings. The van der Waals surface area contributed by atoms with E-state index in [1.165, 1.54) is 4.68 Å². The molecule has 0 aliphatic heterocycles. The average Bonchev–Trinajstić information content (AvgIpc) is 2.66. The molecule has 1 aromatic carbocycles. The Labute approximate surface area is 125 Å². The van der Waals surface area contributed by atoms with Crippen molar-refractivity contribution in [2.75, 3.05) is 0 Å². The predicted octanol–water partition coefficient (Wildman–Crippen LogP) is 3.86. The zero-order valence-corrected chi connectivity index (χ0v) is 13.2. The monoisotopic (exact) mass is 370 g/mol. The molecule has 0 N–H and O–H groups in total. The molecule has 0 radical (unpaired) electrons. The number of nitrogens with zero attached hydrogens (tertiary/aromatic N) is 2. The number of halogens is 1. The van der Waals surface area contributed by atoms with Crippen molar-refractivity contribution in [3.63, 3.8) is 0 Å². The van der Waals surface area contributed by atoms with Crippen molar-refractivity contribution in [3.05, 3.63) is 39.6 Å². The van der Waals surface area contributed by atoms with Gasteiger partial charge in [0.2, 0.25) is 0 Å². The van der Waals surface area contributed by atoms with Gasteiger partial charge in [0.25, 0.3) is 0 Å². The summed E-state index contributed by atoms with van der Waals surface area (Å²) < 4.78 is 7.53. The molecule has 5 heteroatoms. The fourth-order valence-corrected chi connectivity index (χ4v) is 2.38. The first kappa shape index (κ1) is 14.0. The summed E-state index contributed by atoms with van der Waals surface area (Å²) in [5.41, 5.74) is 2.55. The highest BCUT2D eigenvalue weighted by atomic mass is 127. The molecular weight excluding hydrogens is 355 g/mol. The fourth-order valence-electron chi connectivity index (χ4n) is 1.74. The van der Waals surface area contributed by atoms with Gasteiger partial charge < -0.3 is 4.74 Å². The maximum absolute atomic E-state index is 12.1. The lowest BCUT2D eigenvalue weighted by Gasteiger charge is -2.10. The van der Waals surface area contributed by atoms with Crippen LogP contribution in [0.15, 0.2) is 30.3 Å². The van der Waals surface area contributed by atoms with Crippen molar-refractivity contribution < 1.29 is 9.53 Å². The van der Waals surface area contributed by atoms with Gasteiger partial charge >= 0.3 is 6.09 Å². The third-order valence-corrected chi connectivity index (χ3v) is 3.84. The number of benzene rings is 1. The van der Waals surface area contributed by atoms with Crippen LogP contribution in [0, 0.1) is 10.5 Å². The quantitative estimate of drug-likeness (QED) is 0.755. The van der Waals surface area contributed by atoms with Crippen molar-refractivity contribution in [3.8, 4) is 11.3 Å². The summed E-state index contributed by atoms with van der Waals surface area (Å²) in [5.74, 6) is 0. The molecule has 2 rings (SSSR count). The van der Waals surface area contributed by atoms with E-state index in [0.717, 1.165) is 20.5 Å². The number of rotatable bonds is 2. The molecule has 4 nitrogen and oxygen atoms in total.